The topological polar surface area (TPSA) is 15.3 Å². The predicted octanol–water partition coefficient (Wildman–Crippen LogP) is 3.90. The number of aryl methyl sites for hydroxylation is 1. The molecule has 0 spiro atoms. The molecule has 2 rings (SSSR count). The molecule has 112 valence electrons. The van der Waals surface area contributed by atoms with Crippen molar-refractivity contribution in [2.24, 2.45) is 0 Å². The summed E-state index contributed by atoms with van der Waals surface area (Å²) in [5, 5.41) is 3.49. The van der Waals surface area contributed by atoms with E-state index in [9.17, 15) is 4.39 Å². The Kier molecular flexibility index (Phi) is 4.97. The summed E-state index contributed by atoms with van der Waals surface area (Å²) < 4.78 is 13.5. The molecule has 2 nitrogen and oxygen atoms in total. The highest BCUT2D eigenvalue weighted by Crippen LogP contribution is 2.26. The molecule has 0 heterocycles. The molecule has 0 bridgehead atoms. The van der Waals surface area contributed by atoms with Crippen LogP contribution in [0.1, 0.15) is 29.7 Å². The van der Waals surface area contributed by atoms with Crippen molar-refractivity contribution in [1.82, 2.24) is 5.32 Å². The molecule has 1 atom stereocenters. The normalized spacial score (nSPS) is 12.2. The fraction of sp³-hybridized carbons (Fsp3) is 0.333. The first-order valence-corrected chi connectivity index (χ1v) is 7.29. The number of benzene rings is 2. The molecular formula is C18H23FN2. The molecule has 3 heteroatoms. The molecule has 0 saturated heterocycles. The van der Waals surface area contributed by atoms with Gasteiger partial charge in [0.2, 0.25) is 0 Å². The highest BCUT2D eigenvalue weighted by atomic mass is 19.1. The van der Waals surface area contributed by atoms with Gasteiger partial charge in [-0.15, -0.1) is 0 Å². The fourth-order valence-corrected chi connectivity index (χ4v) is 2.46. The maximum atomic E-state index is 13.5. The van der Waals surface area contributed by atoms with Crippen LogP contribution in [0.15, 0.2) is 42.5 Å². The van der Waals surface area contributed by atoms with E-state index in [1.807, 2.05) is 26.2 Å². The van der Waals surface area contributed by atoms with Crippen molar-refractivity contribution in [2.75, 3.05) is 25.5 Å². The van der Waals surface area contributed by atoms with Crippen LogP contribution < -0.4 is 10.2 Å². The van der Waals surface area contributed by atoms with Gasteiger partial charge in [0.1, 0.15) is 5.82 Å². The van der Waals surface area contributed by atoms with Crippen LogP contribution in [0.25, 0.3) is 0 Å². The van der Waals surface area contributed by atoms with Crippen LogP contribution >= 0.6 is 0 Å². The number of rotatable bonds is 5. The van der Waals surface area contributed by atoms with Crippen molar-refractivity contribution in [3.05, 3.63) is 65.0 Å². The molecule has 2 aromatic carbocycles. The predicted molar refractivity (Wildman–Crippen MR) is 87.4 cm³/mol. The van der Waals surface area contributed by atoms with Crippen molar-refractivity contribution in [3.63, 3.8) is 0 Å². The maximum absolute atomic E-state index is 13.5. The number of halogens is 1. The molecule has 0 amide bonds. The Morgan fingerprint density at radius 2 is 1.81 bits per heavy atom. The average molecular weight is 286 g/mol. The van der Waals surface area contributed by atoms with Gasteiger partial charge in [-0.05, 0) is 48.4 Å². The molecule has 21 heavy (non-hydrogen) atoms. The zero-order chi connectivity index (χ0) is 15.4. The molecule has 0 aromatic heterocycles. The van der Waals surface area contributed by atoms with E-state index in [4.69, 9.17) is 0 Å². The second-order valence-electron chi connectivity index (χ2n) is 5.49. The summed E-state index contributed by atoms with van der Waals surface area (Å²) in [5.74, 6) is -0.156. The highest BCUT2D eigenvalue weighted by molar-refractivity contribution is 5.49. The Morgan fingerprint density at radius 1 is 1.10 bits per heavy atom. The summed E-state index contributed by atoms with van der Waals surface area (Å²) in [4.78, 5) is 2.09. The second-order valence-corrected chi connectivity index (χ2v) is 5.49. The van der Waals surface area contributed by atoms with Gasteiger partial charge in [-0.1, -0.05) is 31.2 Å². The summed E-state index contributed by atoms with van der Waals surface area (Å²) in [7, 11) is 4.06. The van der Waals surface area contributed by atoms with Gasteiger partial charge in [0.25, 0.3) is 0 Å². The summed E-state index contributed by atoms with van der Waals surface area (Å²) in [6.07, 6.45) is 0. The van der Waals surface area contributed by atoms with E-state index in [-0.39, 0.29) is 11.9 Å². The van der Waals surface area contributed by atoms with Gasteiger partial charge in [-0.25, -0.2) is 4.39 Å². The average Bonchev–Trinajstić information content (AvgIpc) is 2.48. The van der Waals surface area contributed by atoms with E-state index in [1.54, 1.807) is 13.0 Å². The lowest BCUT2D eigenvalue weighted by molar-refractivity contribution is 0.606. The van der Waals surface area contributed by atoms with Gasteiger partial charge in [-0.2, -0.15) is 0 Å². The van der Waals surface area contributed by atoms with Crippen molar-refractivity contribution in [1.29, 1.82) is 0 Å². The van der Waals surface area contributed by atoms with Gasteiger partial charge in [0.15, 0.2) is 0 Å². The smallest absolute Gasteiger partial charge is 0.126 e. The zero-order valence-corrected chi connectivity index (χ0v) is 13.2. The van der Waals surface area contributed by atoms with E-state index in [0.29, 0.717) is 5.56 Å². The molecule has 1 N–H and O–H groups in total. The van der Waals surface area contributed by atoms with Crippen molar-refractivity contribution >= 4 is 5.69 Å². The van der Waals surface area contributed by atoms with Crippen LogP contribution in [0.4, 0.5) is 10.1 Å². The van der Waals surface area contributed by atoms with Gasteiger partial charge < -0.3 is 10.2 Å². The molecule has 2 aromatic rings. The molecule has 0 aliphatic carbocycles. The van der Waals surface area contributed by atoms with Gasteiger partial charge in [0, 0.05) is 19.8 Å². The van der Waals surface area contributed by atoms with Crippen molar-refractivity contribution in [2.45, 2.75) is 19.9 Å². The third-order valence-corrected chi connectivity index (χ3v) is 3.64. The minimum atomic E-state index is -0.156. The third-order valence-electron chi connectivity index (χ3n) is 3.64. The van der Waals surface area contributed by atoms with E-state index in [0.717, 1.165) is 17.8 Å². The summed E-state index contributed by atoms with van der Waals surface area (Å²) >= 11 is 0. The molecular weight excluding hydrogens is 263 g/mol. The Balaban J connectivity index is 2.42. The Bertz CT molecular complexity index is 608. The molecule has 0 radical (unpaired) electrons. The SMILES string of the molecule is CCNC(c1cccc(N(C)C)c1)c1ccc(F)c(C)c1. The molecule has 0 aliphatic rings. The largest absolute Gasteiger partial charge is 0.378 e. The summed E-state index contributed by atoms with van der Waals surface area (Å²) in [6, 6.07) is 13.8. The standard InChI is InChI=1S/C18H23FN2/c1-5-20-18(15-9-10-17(19)13(2)11-15)14-7-6-8-16(12-14)21(3)4/h6-12,18,20H,5H2,1-4H3. The maximum Gasteiger partial charge on any atom is 0.126 e. The van der Waals surface area contributed by atoms with Gasteiger partial charge in [-0.3, -0.25) is 0 Å². The lowest BCUT2D eigenvalue weighted by Crippen LogP contribution is -2.22. The molecule has 0 saturated carbocycles. The zero-order valence-electron chi connectivity index (χ0n) is 13.2. The third kappa shape index (κ3) is 3.61. The molecule has 0 aliphatic heterocycles. The summed E-state index contributed by atoms with van der Waals surface area (Å²) in [5.41, 5.74) is 4.12. The Morgan fingerprint density at radius 3 is 2.43 bits per heavy atom. The van der Waals surface area contributed by atoms with Crippen molar-refractivity contribution in [3.8, 4) is 0 Å². The van der Waals surface area contributed by atoms with Crippen LogP contribution in [-0.2, 0) is 0 Å². The minimum absolute atomic E-state index is 0.0780. The van der Waals surface area contributed by atoms with Gasteiger partial charge in [0.05, 0.1) is 6.04 Å². The fourth-order valence-electron chi connectivity index (χ4n) is 2.46. The van der Waals surface area contributed by atoms with E-state index < -0.39 is 0 Å². The van der Waals surface area contributed by atoms with Crippen LogP contribution in [-0.4, -0.2) is 20.6 Å². The minimum Gasteiger partial charge on any atom is -0.378 e. The summed E-state index contributed by atoms with van der Waals surface area (Å²) in [6.45, 7) is 4.74. The first-order chi connectivity index (χ1) is 10.0. The van der Waals surface area contributed by atoms with Crippen LogP contribution in [0.2, 0.25) is 0 Å². The van der Waals surface area contributed by atoms with Crippen molar-refractivity contribution < 1.29 is 4.39 Å². The van der Waals surface area contributed by atoms with E-state index >= 15 is 0 Å². The van der Waals surface area contributed by atoms with Crippen LogP contribution in [0.3, 0.4) is 0 Å². The van der Waals surface area contributed by atoms with Crippen LogP contribution in [0.5, 0.6) is 0 Å². The lowest BCUT2D eigenvalue weighted by atomic mass is 9.96. The Labute approximate surface area is 126 Å². The number of nitrogens with zero attached hydrogens (tertiary/aromatic N) is 1. The molecule has 1 unspecified atom stereocenters. The number of hydrogen-bond donors (Lipinski definition) is 1. The van der Waals surface area contributed by atoms with E-state index in [1.165, 1.54) is 5.56 Å². The lowest BCUT2D eigenvalue weighted by Gasteiger charge is -2.22. The number of anilines is 1. The Hall–Kier alpha value is -1.87. The monoisotopic (exact) mass is 286 g/mol. The number of hydrogen-bond acceptors (Lipinski definition) is 2. The van der Waals surface area contributed by atoms with E-state index in [2.05, 4.69) is 41.4 Å². The molecule has 0 fully saturated rings. The quantitative estimate of drug-likeness (QED) is 0.897. The number of nitrogens with one attached hydrogen (secondary N) is 1. The van der Waals surface area contributed by atoms with Crippen LogP contribution in [0, 0.1) is 12.7 Å². The van der Waals surface area contributed by atoms with Gasteiger partial charge >= 0.3 is 0 Å². The highest BCUT2D eigenvalue weighted by Gasteiger charge is 2.14. The first-order valence-electron chi connectivity index (χ1n) is 7.29. The second kappa shape index (κ2) is 6.72. The first kappa shape index (κ1) is 15.5.